The molecule has 0 unspecified atom stereocenters. The quantitative estimate of drug-likeness (QED) is 0.671. The molecule has 0 aliphatic carbocycles. The molecule has 1 atom stereocenters. The van der Waals surface area contributed by atoms with Crippen molar-refractivity contribution in [2.24, 2.45) is 5.73 Å². The molecule has 2 rings (SSSR count). The van der Waals surface area contributed by atoms with Gasteiger partial charge in [0.05, 0.1) is 12.6 Å². The third-order valence-electron chi connectivity index (χ3n) is 3.50. The Labute approximate surface area is 154 Å². The third kappa shape index (κ3) is 7.56. The summed E-state index contributed by atoms with van der Waals surface area (Å²) >= 11 is 0. The summed E-state index contributed by atoms with van der Waals surface area (Å²) in [6.45, 7) is 1.23. The second-order valence-corrected chi connectivity index (χ2v) is 5.51. The van der Waals surface area contributed by atoms with E-state index in [2.05, 4.69) is 5.32 Å². The van der Waals surface area contributed by atoms with Gasteiger partial charge in [0.15, 0.2) is 0 Å². The average Bonchev–Trinajstić information content (AvgIpc) is 2.60. The Balaban J connectivity index is 0.00000312. The lowest BCUT2D eigenvalue weighted by atomic mass is 10.1. The summed E-state index contributed by atoms with van der Waals surface area (Å²) in [5, 5.41) is 2.84. The predicted octanol–water partition coefficient (Wildman–Crippen LogP) is 3.03. The molecule has 2 aromatic rings. The number of carbonyl (C=O) groups is 1. The Kier molecular flexibility index (Phi) is 9.62. The maximum atomic E-state index is 12.2. The van der Waals surface area contributed by atoms with Crippen LogP contribution < -0.4 is 15.8 Å². The van der Waals surface area contributed by atoms with E-state index in [0.717, 1.165) is 12.0 Å². The largest absolute Gasteiger partial charge is 0.493 e. The van der Waals surface area contributed by atoms with Crippen LogP contribution >= 0.6 is 12.4 Å². The van der Waals surface area contributed by atoms with Gasteiger partial charge in [0.2, 0.25) is 5.91 Å². The molecular formula is C19H25ClN2O3. The lowest BCUT2D eigenvalue weighted by Gasteiger charge is -2.13. The summed E-state index contributed by atoms with van der Waals surface area (Å²) in [5.41, 5.74) is 7.70. The number of methoxy groups -OCH3 is 1. The smallest absolute Gasteiger partial charge is 0.241 e. The lowest BCUT2D eigenvalue weighted by molar-refractivity contribution is -0.117. The molecule has 0 fully saturated rings. The van der Waals surface area contributed by atoms with E-state index in [4.69, 9.17) is 15.2 Å². The predicted molar refractivity (Wildman–Crippen MR) is 102 cm³/mol. The highest BCUT2D eigenvalue weighted by atomic mass is 35.5. The highest BCUT2D eigenvalue weighted by molar-refractivity contribution is 5.95. The number of benzene rings is 2. The normalized spacial score (nSPS) is 11.3. The van der Waals surface area contributed by atoms with Gasteiger partial charge in [-0.2, -0.15) is 0 Å². The van der Waals surface area contributed by atoms with Crippen LogP contribution in [0.3, 0.4) is 0 Å². The number of carbonyl (C=O) groups excluding carboxylic acids is 1. The van der Waals surface area contributed by atoms with Crippen molar-refractivity contribution in [3.8, 4) is 5.75 Å². The number of hydrogen-bond acceptors (Lipinski definition) is 4. The number of nitrogens with two attached hydrogens (primary N) is 1. The van der Waals surface area contributed by atoms with Crippen LogP contribution in [0.4, 0.5) is 5.69 Å². The van der Waals surface area contributed by atoms with Crippen LogP contribution in [0.25, 0.3) is 0 Å². The second kappa shape index (κ2) is 11.5. The van der Waals surface area contributed by atoms with Gasteiger partial charge in [-0.1, -0.05) is 36.4 Å². The number of amides is 1. The second-order valence-electron chi connectivity index (χ2n) is 5.51. The first-order valence-corrected chi connectivity index (χ1v) is 8.01. The van der Waals surface area contributed by atoms with Crippen molar-refractivity contribution in [1.29, 1.82) is 0 Å². The van der Waals surface area contributed by atoms with E-state index in [0.29, 0.717) is 31.1 Å². The highest BCUT2D eigenvalue weighted by Crippen LogP contribution is 2.18. The summed E-state index contributed by atoms with van der Waals surface area (Å²) in [6, 6.07) is 16.4. The van der Waals surface area contributed by atoms with Gasteiger partial charge in [-0.25, -0.2) is 0 Å². The minimum Gasteiger partial charge on any atom is -0.493 e. The van der Waals surface area contributed by atoms with Crippen molar-refractivity contribution in [3.63, 3.8) is 0 Å². The molecule has 0 saturated heterocycles. The minimum absolute atomic E-state index is 0. The van der Waals surface area contributed by atoms with Gasteiger partial charge in [0, 0.05) is 31.9 Å². The van der Waals surface area contributed by atoms with Crippen molar-refractivity contribution in [2.45, 2.75) is 18.9 Å². The molecule has 0 heterocycles. The van der Waals surface area contributed by atoms with Crippen LogP contribution in [0.2, 0.25) is 0 Å². The van der Waals surface area contributed by atoms with Crippen LogP contribution in [-0.2, 0) is 16.0 Å². The first kappa shape index (κ1) is 21.0. The van der Waals surface area contributed by atoms with E-state index in [1.54, 1.807) is 13.2 Å². The zero-order valence-corrected chi connectivity index (χ0v) is 15.1. The monoisotopic (exact) mass is 364 g/mol. The summed E-state index contributed by atoms with van der Waals surface area (Å²) in [5.74, 6) is 0.496. The molecule has 0 aromatic heterocycles. The van der Waals surface area contributed by atoms with E-state index >= 15 is 0 Å². The molecule has 0 spiro atoms. The van der Waals surface area contributed by atoms with Crippen LogP contribution in [0.5, 0.6) is 5.75 Å². The third-order valence-corrected chi connectivity index (χ3v) is 3.50. The Morgan fingerprint density at radius 2 is 1.88 bits per heavy atom. The average molecular weight is 365 g/mol. The van der Waals surface area contributed by atoms with Crippen LogP contribution in [-0.4, -0.2) is 32.3 Å². The first-order chi connectivity index (χ1) is 11.7. The number of hydrogen-bond donors (Lipinski definition) is 2. The Bertz CT molecular complexity index is 638. The van der Waals surface area contributed by atoms with Gasteiger partial charge < -0.3 is 20.5 Å². The van der Waals surface area contributed by atoms with Crippen molar-refractivity contribution >= 4 is 24.0 Å². The van der Waals surface area contributed by atoms with Crippen LogP contribution in [0.15, 0.2) is 54.6 Å². The highest BCUT2D eigenvalue weighted by Gasteiger charge is 2.14. The molecule has 0 bridgehead atoms. The molecule has 1 amide bonds. The number of nitrogens with one attached hydrogen (secondary N) is 1. The number of ether oxygens (including phenoxy) is 2. The van der Waals surface area contributed by atoms with Gasteiger partial charge >= 0.3 is 0 Å². The SMILES string of the molecule is COCCCOc1cccc(NC(=O)[C@@H](N)Cc2ccccc2)c1.Cl. The van der Waals surface area contributed by atoms with Crippen molar-refractivity contribution in [1.82, 2.24) is 0 Å². The maximum Gasteiger partial charge on any atom is 0.241 e. The fourth-order valence-corrected chi connectivity index (χ4v) is 2.25. The van der Waals surface area contributed by atoms with E-state index in [1.807, 2.05) is 48.5 Å². The zero-order chi connectivity index (χ0) is 17.2. The Morgan fingerprint density at radius 3 is 2.60 bits per heavy atom. The molecule has 25 heavy (non-hydrogen) atoms. The maximum absolute atomic E-state index is 12.2. The van der Waals surface area contributed by atoms with Gasteiger partial charge in [0.25, 0.3) is 0 Å². The van der Waals surface area contributed by atoms with E-state index in [9.17, 15) is 4.79 Å². The molecular weight excluding hydrogens is 340 g/mol. The van der Waals surface area contributed by atoms with Gasteiger partial charge in [-0.3, -0.25) is 4.79 Å². The molecule has 136 valence electrons. The standard InChI is InChI=1S/C19H24N2O3.ClH/c1-23-11-6-12-24-17-10-5-9-16(14-17)21-19(22)18(20)13-15-7-3-2-4-8-15;/h2-5,7-10,14,18H,6,11-13,20H2,1H3,(H,21,22);1H/t18-;/m0./s1. The van der Waals surface area contributed by atoms with Crippen molar-refractivity contribution in [2.75, 3.05) is 25.6 Å². The lowest BCUT2D eigenvalue weighted by Crippen LogP contribution is -2.37. The number of anilines is 1. The number of halogens is 1. The zero-order valence-electron chi connectivity index (χ0n) is 14.3. The summed E-state index contributed by atoms with van der Waals surface area (Å²) in [4.78, 5) is 12.2. The Hall–Kier alpha value is -2.08. The molecule has 0 aliphatic heterocycles. The fourth-order valence-electron chi connectivity index (χ4n) is 2.25. The molecule has 3 N–H and O–H groups in total. The number of rotatable bonds is 9. The van der Waals surface area contributed by atoms with Crippen LogP contribution in [0, 0.1) is 0 Å². The van der Waals surface area contributed by atoms with Gasteiger partial charge in [-0.15, -0.1) is 12.4 Å². The van der Waals surface area contributed by atoms with Crippen LogP contribution in [0.1, 0.15) is 12.0 Å². The molecule has 6 heteroatoms. The Morgan fingerprint density at radius 1 is 1.12 bits per heavy atom. The molecule has 5 nitrogen and oxygen atoms in total. The summed E-state index contributed by atoms with van der Waals surface area (Å²) < 4.78 is 10.6. The van der Waals surface area contributed by atoms with E-state index in [1.165, 1.54) is 0 Å². The minimum atomic E-state index is -0.598. The molecule has 0 aliphatic rings. The fraction of sp³-hybridized carbons (Fsp3) is 0.316. The van der Waals surface area contributed by atoms with Gasteiger partial charge in [-0.05, 0) is 24.1 Å². The van der Waals surface area contributed by atoms with Crippen molar-refractivity contribution in [3.05, 3.63) is 60.2 Å². The van der Waals surface area contributed by atoms with Crippen molar-refractivity contribution < 1.29 is 14.3 Å². The summed E-state index contributed by atoms with van der Waals surface area (Å²) in [6.07, 6.45) is 1.31. The topological polar surface area (TPSA) is 73.6 Å². The molecule has 0 saturated carbocycles. The molecule has 2 aromatic carbocycles. The van der Waals surface area contributed by atoms with E-state index < -0.39 is 6.04 Å². The molecule has 0 radical (unpaired) electrons. The van der Waals surface area contributed by atoms with Gasteiger partial charge in [0.1, 0.15) is 5.75 Å². The van der Waals surface area contributed by atoms with E-state index in [-0.39, 0.29) is 18.3 Å². The first-order valence-electron chi connectivity index (χ1n) is 8.01. The summed E-state index contributed by atoms with van der Waals surface area (Å²) in [7, 11) is 1.66.